The molecule has 0 heterocycles. The minimum atomic E-state index is -4.38. The number of amides is 1. The van der Waals surface area contributed by atoms with Crippen molar-refractivity contribution in [2.75, 3.05) is 26.4 Å². The smallest absolute Gasteiger partial charge is 0.463 e. The van der Waals surface area contributed by atoms with Crippen LogP contribution in [0.3, 0.4) is 0 Å². The molecule has 252 valence electrons. The molecular formula is C33H62NO8P. The fraction of sp³-hybridized carbons (Fsp3) is 0.818. The minimum absolute atomic E-state index is 0.0808. The molecule has 9 nitrogen and oxygen atoms in total. The number of unbranched alkanes of at least 4 members (excludes halogenated alkanes) is 14. The minimum Gasteiger partial charge on any atom is -0.463 e. The number of rotatable bonds is 31. The van der Waals surface area contributed by atoms with Gasteiger partial charge in [0.15, 0.2) is 0 Å². The molecule has 0 saturated carbocycles. The number of ether oxygens (including phenoxy) is 1. The fourth-order valence-corrected chi connectivity index (χ4v) is 5.09. The maximum Gasteiger partial charge on any atom is 0.472 e. The molecule has 0 aliphatic heterocycles. The summed E-state index contributed by atoms with van der Waals surface area (Å²) < 4.78 is 26.2. The second-order valence-electron chi connectivity index (χ2n) is 11.1. The van der Waals surface area contributed by atoms with Crippen LogP contribution < -0.4 is 5.32 Å². The van der Waals surface area contributed by atoms with Gasteiger partial charge >= 0.3 is 13.8 Å². The zero-order valence-electron chi connectivity index (χ0n) is 27.1. The van der Waals surface area contributed by atoms with Gasteiger partial charge in [0.25, 0.3) is 0 Å². The molecule has 0 aromatic rings. The summed E-state index contributed by atoms with van der Waals surface area (Å²) in [5.74, 6) is -0.574. The molecule has 43 heavy (non-hydrogen) atoms. The zero-order valence-corrected chi connectivity index (χ0v) is 28.0. The Bertz CT molecular complexity index is 774. The normalized spacial score (nSPS) is 13.9. The van der Waals surface area contributed by atoms with Gasteiger partial charge in [-0.1, -0.05) is 109 Å². The highest BCUT2D eigenvalue weighted by Crippen LogP contribution is 2.42. The second-order valence-corrected chi connectivity index (χ2v) is 12.6. The summed E-state index contributed by atoms with van der Waals surface area (Å²) in [6.45, 7) is 3.10. The van der Waals surface area contributed by atoms with Gasteiger partial charge in [0, 0.05) is 19.4 Å². The number of carbonyl (C=O) groups excluding carboxylic acids is 2. The molecular weight excluding hydrogens is 569 g/mol. The van der Waals surface area contributed by atoms with E-state index >= 15 is 0 Å². The number of hydrogen-bond donors (Lipinski definition) is 3. The van der Waals surface area contributed by atoms with Crippen molar-refractivity contribution in [2.45, 2.75) is 148 Å². The highest BCUT2D eigenvalue weighted by molar-refractivity contribution is 7.47. The largest absolute Gasteiger partial charge is 0.472 e. The lowest BCUT2D eigenvalue weighted by Gasteiger charge is -2.15. The number of aliphatic hydroxyl groups excluding tert-OH is 1. The van der Waals surface area contributed by atoms with Crippen molar-refractivity contribution in [3.8, 4) is 0 Å². The number of phosphoric acid groups is 1. The van der Waals surface area contributed by atoms with Crippen LogP contribution in [0.5, 0.6) is 0 Å². The molecule has 0 aromatic carbocycles. The van der Waals surface area contributed by atoms with Crippen molar-refractivity contribution >= 4 is 19.7 Å². The Balaban J connectivity index is 3.49. The van der Waals surface area contributed by atoms with Crippen LogP contribution in [-0.2, 0) is 27.9 Å². The summed E-state index contributed by atoms with van der Waals surface area (Å²) in [5, 5.41) is 12.3. The predicted octanol–water partition coefficient (Wildman–Crippen LogP) is 8.09. The molecule has 0 radical (unpaired) electrons. The average Bonchev–Trinajstić information content (AvgIpc) is 2.98. The van der Waals surface area contributed by atoms with E-state index in [4.69, 9.17) is 13.8 Å². The third kappa shape index (κ3) is 31.7. The van der Waals surface area contributed by atoms with Crippen LogP contribution in [0.4, 0.5) is 0 Å². The Morgan fingerprint density at radius 2 is 1.28 bits per heavy atom. The van der Waals surface area contributed by atoms with Gasteiger partial charge in [-0.15, -0.1) is 0 Å². The van der Waals surface area contributed by atoms with Crippen molar-refractivity contribution < 1.29 is 37.9 Å². The van der Waals surface area contributed by atoms with Gasteiger partial charge in [0.1, 0.15) is 12.7 Å². The Labute approximate surface area is 261 Å². The van der Waals surface area contributed by atoms with Gasteiger partial charge in [0.2, 0.25) is 5.91 Å². The number of aliphatic hydroxyl groups is 1. The molecule has 2 unspecified atom stereocenters. The highest BCUT2D eigenvalue weighted by atomic mass is 31.2. The molecule has 0 saturated heterocycles. The van der Waals surface area contributed by atoms with E-state index in [1.54, 1.807) is 0 Å². The van der Waals surface area contributed by atoms with Crippen LogP contribution in [0.1, 0.15) is 142 Å². The van der Waals surface area contributed by atoms with Crippen molar-refractivity contribution in [2.24, 2.45) is 0 Å². The average molecular weight is 632 g/mol. The van der Waals surface area contributed by atoms with Crippen molar-refractivity contribution in [1.82, 2.24) is 5.32 Å². The Morgan fingerprint density at radius 1 is 0.721 bits per heavy atom. The number of carbonyl (C=O) groups is 2. The summed E-state index contributed by atoms with van der Waals surface area (Å²) in [7, 11) is -4.38. The molecule has 3 N–H and O–H groups in total. The quantitative estimate of drug-likeness (QED) is 0.0303. The summed E-state index contributed by atoms with van der Waals surface area (Å²) in [6.07, 6.45) is 30.0. The first-order chi connectivity index (χ1) is 20.8. The predicted molar refractivity (Wildman–Crippen MR) is 174 cm³/mol. The van der Waals surface area contributed by atoms with E-state index in [2.05, 4.69) is 36.5 Å². The van der Waals surface area contributed by atoms with E-state index in [1.165, 1.54) is 83.5 Å². The van der Waals surface area contributed by atoms with E-state index < -0.39 is 26.5 Å². The van der Waals surface area contributed by atoms with Crippen LogP contribution in [-0.4, -0.2) is 54.3 Å². The summed E-state index contributed by atoms with van der Waals surface area (Å²) >= 11 is 0. The molecule has 0 rings (SSSR count). The maximum absolute atomic E-state index is 11.9. The lowest BCUT2D eigenvalue weighted by Crippen LogP contribution is -2.27. The van der Waals surface area contributed by atoms with Crippen LogP contribution in [0.25, 0.3) is 0 Å². The third-order valence-electron chi connectivity index (χ3n) is 6.85. The highest BCUT2D eigenvalue weighted by Gasteiger charge is 2.23. The van der Waals surface area contributed by atoms with E-state index in [0.29, 0.717) is 12.8 Å². The first-order valence-electron chi connectivity index (χ1n) is 16.8. The molecule has 0 aromatic heterocycles. The first kappa shape index (κ1) is 41.5. The topological polar surface area (TPSA) is 131 Å². The van der Waals surface area contributed by atoms with Crippen LogP contribution in [0.2, 0.25) is 0 Å². The van der Waals surface area contributed by atoms with Crippen molar-refractivity contribution in [3.05, 3.63) is 24.3 Å². The first-order valence-corrected chi connectivity index (χ1v) is 18.3. The van der Waals surface area contributed by atoms with Gasteiger partial charge in [-0.3, -0.25) is 18.6 Å². The second kappa shape index (κ2) is 30.5. The van der Waals surface area contributed by atoms with E-state index in [1.807, 2.05) is 6.92 Å². The molecule has 0 aliphatic carbocycles. The zero-order chi connectivity index (χ0) is 31.9. The molecule has 10 heteroatoms. The van der Waals surface area contributed by atoms with E-state index in [0.717, 1.165) is 25.7 Å². The molecule has 2 atom stereocenters. The Kier molecular flexibility index (Phi) is 29.4. The van der Waals surface area contributed by atoms with Crippen molar-refractivity contribution in [3.63, 3.8) is 0 Å². The standard InChI is InChI=1S/C33H62NO8P/c1-3-5-6-7-8-9-10-11-12-13-14-15-16-17-18-19-20-21-22-23-24-26-32(36)34-27-28-41-43(38,39)42-30-31(35)29-40-33(37)25-4-2/h8-9,11-12,31,35H,3-7,10,13-30H2,1-2H3,(H,34,36)(H,38,39)/b9-8-,12-11-. The fourth-order valence-electron chi connectivity index (χ4n) is 4.33. The third-order valence-corrected chi connectivity index (χ3v) is 7.84. The SMILES string of the molecule is CCCCC/C=C\C/C=C\CCCCCCCCCCCCCC(=O)NCCOP(=O)(O)OCC(O)COC(=O)CCC. The molecule has 0 bridgehead atoms. The molecule has 0 aliphatic rings. The van der Waals surface area contributed by atoms with Gasteiger partial charge < -0.3 is 20.1 Å². The van der Waals surface area contributed by atoms with Gasteiger partial charge in [-0.2, -0.15) is 0 Å². The molecule has 0 fully saturated rings. The van der Waals surface area contributed by atoms with Crippen LogP contribution in [0.15, 0.2) is 24.3 Å². The van der Waals surface area contributed by atoms with Crippen molar-refractivity contribution in [1.29, 1.82) is 0 Å². The number of phosphoric ester groups is 1. The maximum atomic E-state index is 11.9. The lowest BCUT2D eigenvalue weighted by atomic mass is 10.0. The Morgan fingerprint density at radius 3 is 1.86 bits per heavy atom. The number of nitrogens with one attached hydrogen (secondary N) is 1. The van der Waals surface area contributed by atoms with E-state index in [9.17, 15) is 24.2 Å². The van der Waals surface area contributed by atoms with Gasteiger partial charge in [-0.25, -0.2) is 4.57 Å². The van der Waals surface area contributed by atoms with Gasteiger partial charge in [-0.05, 0) is 44.9 Å². The van der Waals surface area contributed by atoms with Gasteiger partial charge in [0.05, 0.1) is 13.2 Å². The lowest BCUT2D eigenvalue weighted by molar-refractivity contribution is -0.147. The monoisotopic (exact) mass is 631 g/mol. The van der Waals surface area contributed by atoms with Crippen LogP contribution >= 0.6 is 7.82 Å². The summed E-state index contributed by atoms with van der Waals surface area (Å²) in [5.41, 5.74) is 0. The number of esters is 1. The number of allylic oxidation sites excluding steroid dienone is 4. The summed E-state index contributed by atoms with van der Waals surface area (Å²) in [4.78, 5) is 32.9. The number of hydrogen-bond acceptors (Lipinski definition) is 7. The molecule has 1 amide bonds. The summed E-state index contributed by atoms with van der Waals surface area (Å²) in [6, 6.07) is 0. The van der Waals surface area contributed by atoms with Crippen LogP contribution in [0, 0.1) is 0 Å². The Hall–Kier alpha value is -1.51. The van der Waals surface area contributed by atoms with E-state index in [-0.39, 0.29) is 32.1 Å². The molecule has 0 spiro atoms.